The average Bonchev–Trinajstić information content (AvgIpc) is 2.01. The standard InChI is InChI=1S/C9H17NO2/c1-3-4-9(12)7-8(2)10-5-6-11/h7,10-11H,3-6H2,1-2H3/b8-7-. The minimum Gasteiger partial charge on any atom is -0.395 e. The summed E-state index contributed by atoms with van der Waals surface area (Å²) in [5.41, 5.74) is 0.822. The van der Waals surface area contributed by atoms with Crippen LogP contribution in [0.15, 0.2) is 11.8 Å². The fraction of sp³-hybridized carbons (Fsp3) is 0.667. The molecule has 0 aliphatic heterocycles. The van der Waals surface area contributed by atoms with Crippen molar-refractivity contribution >= 4 is 5.78 Å². The summed E-state index contributed by atoms with van der Waals surface area (Å²) in [5.74, 6) is 0.139. The van der Waals surface area contributed by atoms with Crippen LogP contribution in [0.1, 0.15) is 26.7 Å². The lowest BCUT2D eigenvalue weighted by atomic mass is 10.2. The molecule has 3 heteroatoms. The smallest absolute Gasteiger partial charge is 0.157 e. The molecular formula is C9H17NO2. The number of carbonyl (C=O) groups excluding carboxylic acids is 1. The zero-order chi connectivity index (χ0) is 9.40. The lowest BCUT2D eigenvalue weighted by Crippen LogP contribution is -2.16. The summed E-state index contributed by atoms with van der Waals surface area (Å²) in [7, 11) is 0. The number of hydrogen-bond donors (Lipinski definition) is 2. The van der Waals surface area contributed by atoms with Crippen LogP contribution in [0.2, 0.25) is 0 Å². The first-order valence-corrected chi connectivity index (χ1v) is 4.26. The summed E-state index contributed by atoms with van der Waals surface area (Å²) in [6.45, 7) is 4.39. The summed E-state index contributed by atoms with van der Waals surface area (Å²) in [4.78, 5) is 11.0. The van der Waals surface area contributed by atoms with Crippen LogP contribution < -0.4 is 5.32 Å². The molecule has 0 bridgehead atoms. The molecule has 0 aliphatic rings. The van der Waals surface area contributed by atoms with Gasteiger partial charge in [-0.05, 0) is 19.4 Å². The molecule has 0 aromatic rings. The predicted octanol–water partition coefficient (Wildman–Crippen LogP) is 0.841. The Morgan fingerprint density at radius 2 is 2.25 bits per heavy atom. The van der Waals surface area contributed by atoms with Crippen LogP contribution in [0.5, 0.6) is 0 Å². The second-order valence-corrected chi connectivity index (χ2v) is 2.69. The predicted molar refractivity (Wildman–Crippen MR) is 48.8 cm³/mol. The molecular weight excluding hydrogens is 154 g/mol. The van der Waals surface area contributed by atoms with Crippen LogP contribution in [0.3, 0.4) is 0 Å². The largest absolute Gasteiger partial charge is 0.395 e. The van der Waals surface area contributed by atoms with E-state index in [4.69, 9.17) is 5.11 Å². The van der Waals surface area contributed by atoms with Crippen molar-refractivity contribution in [2.75, 3.05) is 13.2 Å². The summed E-state index contributed by atoms with van der Waals surface area (Å²) >= 11 is 0. The van der Waals surface area contributed by atoms with Crippen molar-refractivity contribution in [3.8, 4) is 0 Å². The highest BCUT2D eigenvalue weighted by atomic mass is 16.3. The number of aliphatic hydroxyl groups is 1. The first-order valence-electron chi connectivity index (χ1n) is 4.26. The summed E-state index contributed by atoms with van der Waals surface area (Å²) in [5, 5.41) is 11.4. The van der Waals surface area contributed by atoms with Crippen molar-refractivity contribution < 1.29 is 9.90 Å². The third kappa shape index (κ3) is 5.92. The average molecular weight is 171 g/mol. The van der Waals surface area contributed by atoms with Gasteiger partial charge in [0.2, 0.25) is 0 Å². The monoisotopic (exact) mass is 171 g/mol. The Hall–Kier alpha value is -0.830. The van der Waals surface area contributed by atoms with Crippen molar-refractivity contribution in [2.24, 2.45) is 0 Å². The van der Waals surface area contributed by atoms with E-state index in [-0.39, 0.29) is 12.4 Å². The molecule has 0 rings (SSSR count). The van der Waals surface area contributed by atoms with E-state index in [1.54, 1.807) is 6.08 Å². The van der Waals surface area contributed by atoms with E-state index in [1.807, 2.05) is 13.8 Å². The molecule has 0 aromatic carbocycles. The van der Waals surface area contributed by atoms with Gasteiger partial charge in [-0.3, -0.25) is 4.79 Å². The van der Waals surface area contributed by atoms with E-state index in [0.29, 0.717) is 13.0 Å². The van der Waals surface area contributed by atoms with Crippen molar-refractivity contribution in [2.45, 2.75) is 26.7 Å². The fourth-order valence-corrected chi connectivity index (χ4v) is 0.864. The van der Waals surface area contributed by atoms with Gasteiger partial charge in [-0.25, -0.2) is 0 Å². The summed E-state index contributed by atoms with van der Waals surface area (Å²) in [6, 6.07) is 0. The lowest BCUT2D eigenvalue weighted by Gasteiger charge is -2.02. The number of ketones is 1. The summed E-state index contributed by atoms with van der Waals surface area (Å²) < 4.78 is 0. The number of rotatable bonds is 6. The quantitative estimate of drug-likeness (QED) is 0.582. The fourth-order valence-electron chi connectivity index (χ4n) is 0.864. The highest BCUT2D eigenvalue weighted by Gasteiger charge is 1.95. The van der Waals surface area contributed by atoms with Crippen LogP contribution >= 0.6 is 0 Å². The normalized spacial score (nSPS) is 11.4. The highest BCUT2D eigenvalue weighted by molar-refractivity contribution is 5.90. The Balaban J connectivity index is 3.72. The van der Waals surface area contributed by atoms with E-state index in [9.17, 15) is 4.79 Å². The first kappa shape index (κ1) is 11.2. The maximum atomic E-state index is 11.0. The third-order valence-corrected chi connectivity index (χ3v) is 1.39. The van der Waals surface area contributed by atoms with Crippen molar-refractivity contribution in [1.82, 2.24) is 5.32 Å². The van der Waals surface area contributed by atoms with Crippen molar-refractivity contribution in [3.63, 3.8) is 0 Å². The van der Waals surface area contributed by atoms with Gasteiger partial charge >= 0.3 is 0 Å². The zero-order valence-electron chi connectivity index (χ0n) is 7.76. The Bertz CT molecular complexity index is 164. The number of aliphatic hydroxyl groups excluding tert-OH is 1. The molecule has 70 valence electrons. The van der Waals surface area contributed by atoms with Gasteiger partial charge in [0.15, 0.2) is 5.78 Å². The third-order valence-electron chi connectivity index (χ3n) is 1.39. The minimum atomic E-state index is 0.0904. The van der Waals surface area contributed by atoms with Gasteiger partial charge in [0.1, 0.15) is 0 Å². The van der Waals surface area contributed by atoms with Crippen LogP contribution in [0, 0.1) is 0 Å². The minimum absolute atomic E-state index is 0.0904. The molecule has 0 unspecified atom stereocenters. The van der Waals surface area contributed by atoms with Gasteiger partial charge in [0.05, 0.1) is 6.61 Å². The van der Waals surface area contributed by atoms with E-state index >= 15 is 0 Å². The zero-order valence-corrected chi connectivity index (χ0v) is 7.76. The Morgan fingerprint density at radius 1 is 1.58 bits per heavy atom. The van der Waals surface area contributed by atoms with Crippen LogP contribution in [0.25, 0.3) is 0 Å². The van der Waals surface area contributed by atoms with Crippen LogP contribution in [-0.4, -0.2) is 24.0 Å². The maximum absolute atomic E-state index is 11.0. The molecule has 12 heavy (non-hydrogen) atoms. The first-order chi connectivity index (χ1) is 5.70. The Labute approximate surface area is 73.5 Å². The maximum Gasteiger partial charge on any atom is 0.157 e. The van der Waals surface area contributed by atoms with Gasteiger partial charge in [0, 0.05) is 18.7 Å². The summed E-state index contributed by atoms with van der Waals surface area (Å²) in [6.07, 6.45) is 3.06. The van der Waals surface area contributed by atoms with Gasteiger partial charge in [0.25, 0.3) is 0 Å². The SMILES string of the molecule is CCCC(=O)/C=C(/C)NCCO. The van der Waals surface area contributed by atoms with Crippen LogP contribution in [-0.2, 0) is 4.79 Å². The van der Waals surface area contributed by atoms with E-state index in [1.165, 1.54) is 0 Å². The van der Waals surface area contributed by atoms with E-state index in [0.717, 1.165) is 12.1 Å². The Kier molecular flexibility index (Phi) is 6.38. The molecule has 0 heterocycles. The molecule has 3 nitrogen and oxygen atoms in total. The molecule has 0 amide bonds. The van der Waals surface area contributed by atoms with E-state index < -0.39 is 0 Å². The van der Waals surface area contributed by atoms with Gasteiger partial charge in [-0.15, -0.1) is 0 Å². The molecule has 0 aromatic heterocycles. The number of nitrogens with one attached hydrogen (secondary N) is 1. The topological polar surface area (TPSA) is 49.3 Å². The molecule has 0 saturated carbocycles. The molecule has 0 saturated heterocycles. The lowest BCUT2D eigenvalue weighted by molar-refractivity contribution is -0.114. The number of hydrogen-bond acceptors (Lipinski definition) is 3. The van der Waals surface area contributed by atoms with E-state index in [2.05, 4.69) is 5.32 Å². The molecule has 2 N–H and O–H groups in total. The highest BCUT2D eigenvalue weighted by Crippen LogP contribution is 1.94. The van der Waals surface area contributed by atoms with Gasteiger partial charge in [-0.1, -0.05) is 6.92 Å². The second-order valence-electron chi connectivity index (χ2n) is 2.69. The Morgan fingerprint density at radius 3 is 2.75 bits per heavy atom. The van der Waals surface area contributed by atoms with Crippen LogP contribution in [0.4, 0.5) is 0 Å². The molecule has 0 spiro atoms. The number of carbonyl (C=O) groups is 1. The molecule has 0 atom stereocenters. The molecule has 0 fully saturated rings. The molecule has 0 aliphatic carbocycles. The second kappa shape index (κ2) is 6.85. The van der Waals surface area contributed by atoms with Crippen molar-refractivity contribution in [1.29, 1.82) is 0 Å². The van der Waals surface area contributed by atoms with Crippen molar-refractivity contribution in [3.05, 3.63) is 11.8 Å². The molecule has 0 radical (unpaired) electrons. The van der Waals surface area contributed by atoms with Gasteiger partial charge in [-0.2, -0.15) is 0 Å². The van der Waals surface area contributed by atoms with Gasteiger partial charge < -0.3 is 10.4 Å². The number of allylic oxidation sites excluding steroid dienone is 2.